The van der Waals surface area contributed by atoms with Gasteiger partial charge in [0.1, 0.15) is 0 Å². The molecule has 0 unspecified atom stereocenters. The fraction of sp³-hybridized carbons (Fsp3) is 0.538. The van der Waals surface area contributed by atoms with Gasteiger partial charge in [0.2, 0.25) is 5.95 Å². The number of carboxylic acids is 1. The zero-order chi connectivity index (χ0) is 15.4. The van der Waals surface area contributed by atoms with Crippen molar-refractivity contribution >= 4 is 29.4 Å². The summed E-state index contributed by atoms with van der Waals surface area (Å²) in [4.78, 5) is 34.6. The summed E-state index contributed by atoms with van der Waals surface area (Å²) in [6.07, 6.45) is 3.45. The Morgan fingerprint density at radius 3 is 2.71 bits per heavy atom. The van der Waals surface area contributed by atoms with Gasteiger partial charge in [0.15, 0.2) is 5.69 Å². The van der Waals surface area contributed by atoms with E-state index in [0.29, 0.717) is 5.95 Å². The van der Waals surface area contributed by atoms with E-state index in [-0.39, 0.29) is 23.7 Å². The first kappa shape index (κ1) is 15.5. The van der Waals surface area contributed by atoms with Gasteiger partial charge in [-0.2, -0.15) is 0 Å². The first-order valence-electron chi connectivity index (χ1n) is 6.74. The molecule has 0 aromatic carbocycles. The number of aliphatic carboxylic acids is 1. The maximum absolute atomic E-state index is 12.3. The number of carbonyl (C=O) groups excluding carboxylic acids is 1. The number of rotatable bonds is 5. The molecule has 1 aliphatic heterocycles. The number of carboxylic acid groups (broad SMARTS) is 1. The van der Waals surface area contributed by atoms with E-state index in [2.05, 4.69) is 9.97 Å². The average molecular weight is 313 g/mol. The summed E-state index contributed by atoms with van der Waals surface area (Å²) in [5, 5.41) is 8.83. The molecular weight excluding hydrogens is 296 g/mol. The lowest BCUT2D eigenvalue weighted by Crippen LogP contribution is -2.31. The Morgan fingerprint density at radius 2 is 2.10 bits per heavy atom. The van der Waals surface area contributed by atoms with Crippen LogP contribution in [0.2, 0.25) is 5.02 Å². The highest BCUT2D eigenvalue weighted by molar-refractivity contribution is 6.33. The lowest BCUT2D eigenvalue weighted by atomic mass is 10.3. The molecule has 0 bridgehead atoms. The van der Waals surface area contributed by atoms with E-state index in [1.807, 2.05) is 4.90 Å². The Kier molecular flexibility index (Phi) is 4.95. The lowest BCUT2D eigenvalue weighted by Gasteiger charge is -2.19. The predicted molar refractivity (Wildman–Crippen MR) is 77.7 cm³/mol. The number of carbonyl (C=O) groups is 2. The van der Waals surface area contributed by atoms with E-state index in [1.165, 1.54) is 18.1 Å². The zero-order valence-corrected chi connectivity index (χ0v) is 12.5. The molecule has 0 saturated carbocycles. The quantitative estimate of drug-likeness (QED) is 0.881. The molecule has 1 amide bonds. The second-order valence-electron chi connectivity index (χ2n) is 4.93. The van der Waals surface area contributed by atoms with Crippen LogP contribution in [0, 0.1) is 0 Å². The second kappa shape index (κ2) is 6.71. The maximum Gasteiger partial charge on any atom is 0.305 e. The van der Waals surface area contributed by atoms with Gasteiger partial charge in [-0.25, -0.2) is 9.97 Å². The summed E-state index contributed by atoms with van der Waals surface area (Å²) in [6, 6.07) is 0. The van der Waals surface area contributed by atoms with Crippen LogP contribution >= 0.6 is 11.6 Å². The van der Waals surface area contributed by atoms with E-state index >= 15 is 0 Å². The number of anilines is 1. The monoisotopic (exact) mass is 312 g/mol. The molecule has 0 radical (unpaired) electrons. The van der Waals surface area contributed by atoms with Crippen molar-refractivity contribution in [3.63, 3.8) is 0 Å². The van der Waals surface area contributed by atoms with Gasteiger partial charge < -0.3 is 14.9 Å². The molecule has 8 heteroatoms. The van der Waals surface area contributed by atoms with Crippen LogP contribution < -0.4 is 4.90 Å². The summed E-state index contributed by atoms with van der Waals surface area (Å²) in [5.74, 6) is -0.864. The van der Waals surface area contributed by atoms with Crippen LogP contribution in [-0.2, 0) is 4.79 Å². The Bertz CT molecular complexity index is 546. The number of halogens is 1. The SMILES string of the molecule is CN(CCC(=O)O)C(=O)c1nc(N2CCCC2)ncc1Cl. The van der Waals surface area contributed by atoms with E-state index < -0.39 is 11.9 Å². The average Bonchev–Trinajstić information content (AvgIpc) is 2.98. The standard InChI is InChI=1S/C13H17ClN4O3/c1-17(7-4-10(19)20)12(21)11-9(14)8-15-13(16-11)18-5-2-3-6-18/h8H,2-7H2,1H3,(H,19,20). The summed E-state index contributed by atoms with van der Waals surface area (Å²) in [7, 11) is 1.53. The van der Waals surface area contributed by atoms with Gasteiger partial charge in [-0.15, -0.1) is 0 Å². The zero-order valence-electron chi connectivity index (χ0n) is 11.8. The molecule has 2 rings (SSSR count). The van der Waals surface area contributed by atoms with Crippen molar-refractivity contribution < 1.29 is 14.7 Å². The molecule has 1 aliphatic rings. The van der Waals surface area contributed by atoms with E-state index in [1.54, 1.807) is 0 Å². The summed E-state index contributed by atoms with van der Waals surface area (Å²) < 4.78 is 0. The molecule has 0 spiro atoms. The Balaban J connectivity index is 2.15. The predicted octanol–water partition coefficient (Wildman–Crippen LogP) is 1.28. The number of hydrogen-bond donors (Lipinski definition) is 1. The molecule has 21 heavy (non-hydrogen) atoms. The molecular formula is C13H17ClN4O3. The Hall–Kier alpha value is -1.89. The van der Waals surface area contributed by atoms with Crippen molar-refractivity contribution in [1.82, 2.24) is 14.9 Å². The minimum atomic E-state index is -0.957. The van der Waals surface area contributed by atoms with Gasteiger partial charge in [-0.3, -0.25) is 9.59 Å². The summed E-state index contributed by atoms with van der Waals surface area (Å²) in [5.41, 5.74) is 0.112. The van der Waals surface area contributed by atoms with Crippen LogP contribution in [0.4, 0.5) is 5.95 Å². The van der Waals surface area contributed by atoms with Crippen molar-refractivity contribution in [2.24, 2.45) is 0 Å². The van der Waals surface area contributed by atoms with Crippen molar-refractivity contribution in [2.75, 3.05) is 31.6 Å². The highest BCUT2D eigenvalue weighted by atomic mass is 35.5. The minimum absolute atomic E-state index is 0.105. The molecule has 1 aromatic rings. The van der Waals surface area contributed by atoms with Crippen LogP contribution in [0.25, 0.3) is 0 Å². The summed E-state index contributed by atoms with van der Waals surface area (Å²) >= 11 is 6.00. The van der Waals surface area contributed by atoms with E-state index in [9.17, 15) is 9.59 Å². The van der Waals surface area contributed by atoms with E-state index in [4.69, 9.17) is 16.7 Å². The van der Waals surface area contributed by atoms with Crippen LogP contribution in [0.1, 0.15) is 29.8 Å². The molecule has 1 saturated heterocycles. The fourth-order valence-electron chi connectivity index (χ4n) is 2.12. The van der Waals surface area contributed by atoms with Gasteiger partial charge in [-0.1, -0.05) is 11.6 Å². The van der Waals surface area contributed by atoms with Gasteiger partial charge in [0, 0.05) is 26.7 Å². The lowest BCUT2D eigenvalue weighted by molar-refractivity contribution is -0.137. The van der Waals surface area contributed by atoms with Crippen LogP contribution in [-0.4, -0.2) is 58.5 Å². The topological polar surface area (TPSA) is 86.6 Å². The molecule has 7 nitrogen and oxygen atoms in total. The van der Waals surface area contributed by atoms with Gasteiger partial charge in [0.05, 0.1) is 17.6 Å². The van der Waals surface area contributed by atoms with Crippen LogP contribution in [0.5, 0.6) is 0 Å². The van der Waals surface area contributed by atoms with Gasteiger partial charge in [0.25, 0.3) is 5.91 Å². The molecule has 1 aromatic heterocycles. The van der Waals surface area contributed by atoms with Crippen molar-refractivity contribution in [3.05, 3.63) is 16.9 Å². The van der Waals surface area contributed by atoms with Crippen LogP contribution in [0.15, 0.2) is 6.20 Å². The number of amides is 1. The smallest absolute Gasteiger partial charge is 0.305 e. The van der Waals surface area contributed by atoms with Crippen molar-refractivity contribution in [1.29, 1.82) is 0 Å². The highest BCUT2D eigenvalue weighted by Crippen LogP contribution is 2.20. The molecule has 1 fully saturated rings. The Labute approximate surface area is 127 Å². The number of hydrogen-bond acceptors (Lipinski definition) is 5. The second-order valence-corrected chi connectivity index (χ2v) is 5.34. The number of aromatic nitrogens is 2. The third-order valence-corrected chi connectivity index (χ3v) is 3.61. The molecule has 0 aliphatic carbocycles. The normalized spacial score (nSPS) is 14.3. The molecule has 1 N–H and O–H groups in total. The first-order chi connectivity index (χ1) is 9.99. The fourth-order valence-corrected chi connectivity index (χ4v) is 2.29. The first-order valence-corrected chi connectivity index (χ1v) is 7.11. The molecule has 0 atom stereocenters. The molecule has 114 valence electrons. The largest absolute Gasteiger partial charge is 0.481 e. The van der Waals surface area contributed by atoms with Crippen molar-refractivity contribution in [3.8, 4) is 0 Å². The minimum Gasteiger partial charge on any atom is -0.481 e. The maximum atomic E-state index is 12.3. The molecule has 2 heterocycles. The highest BCUT2D eigenvalue weighted by Gasteiger charge is 2.22. The van der Waals surface area contributed by atoms with Crippen molar-refractivity contribution in [2.45, 2.75) is 19.3 Å². The van der Waals surface area contributed by atoms with Gasteiger partial charge in [-0.05, 0) is 12.8 Å². The van der Waals surface area contributed by atoms with Gasteiger partial charge >= 0.3 is 5.97 Å². The summed E-state index contributed by atoms with van der Waals surface area (Å²) in [6.45, 7) is 1.84. The van der Waals surface area contributed by atoms with Crippen LogP contribution in [0.3, 0.4) is 0 Å². The third kappa shape index (κ3) is 3.81. The van der Waals surface area contributed by atoms with E-state index in [0.717, 1.165) is 25.9 Å². The Morgan fingerprint density at radius 1 is 1.43 bits per heavy atom. The third-order valence-electron chi connectivity index (χ3n) is 3.33. The number of nitrogens with zero attached hydrogens (tertiary/aromatic N) is 4.